The monoisotopic (exact) mass is 305 g/mol. The van der Waals surface area contributed by atoms with Gasteiger partial charge in [-0.2, -0.15) is 5.10 Å². The molecule has 0 bridgehead atoms. The lowest BCUT2D eigenvalue weighted by Crippen LogP contribution is -2.32. The van der Waals surface area contributed by atoms with Crippen LogP contribution in [-0.2, 0) is 19.5 Å². The molecule has 0 aliphatic carbocycles. The van der Waals surface area contributed by atoms with Gasteiger partial charge >= 0.3 is 0 Å². The number of unbranched alkanes of at least 4 members (excludes halogenated alkanes) is 1. The summed E-state index contributed by atoms with van der Waals surface area (Å²) in [5.74, 6) is 0. The van der Waals surface area contributed by atoms with Crippen LogP contribution in [0.2, 0.25) is 0 Å². The third kappa shape index (κ3) is 3.89. The first kappa shape index (κ1) is 14.7. The van der Waals surface area contributed by atoms with Crippen LogP contribution in [0, 0.1) is 0 Å². The molecule has 114 valence electrons. The lowest BCUT2D eigenvalue weighted by Gasteiger charge is -2.23. The van der Waals surface area contributed by atoms with Crippen molar-refractivity contribution >= 4 is 11.3 Å². The van der Waals surface area contributed by atoms with E-state index in [0.29, 0.717) is 6.04 Å². The van der Waals surface area contributed by atoms with Crippen LogP contribution in [0.1, 0.15) is 43.3 Å². The van der Waals surface area contributed by atoms with E-state index in [2.05, 4.69) is 27.3 Å². The van der Waals surface area contributed by atoms with Crippen molar-refractivity contribution in [2.24, 2.45) is 0 Å². The van der Waals surface area contributed by atoms with E-state index in [4.69, 9.17) is 4.98 Å². The van der Waals surface area contributed by atoms with E-state index in [0.717, 1.165) is 19.5 Å². The average Bonchev–Trinajstić information content (AvgIpc) is 3.21. The molecule has 2 aromatic rings. The summed E-state index contributed by atoms with van der Waals surface area (Å²) >= 11 is 1.81. The van der Waals surface area contributed by atoms with Crippen LogP contribution < -0.4 is 0 Å². The SMILES string of the molecule is CCCCc1nc(CN2CCCC2Cn2cncn2)cs1. The van der Waals surface area contributed by atoms with E-state index >= 15 is 0 Å². The Morgan fingerprint density at radius 1 is 1.43 bits per heavy atom. The third-order valence-corrected chi connectivity index (χ3v) is 5.03. The molecule has 3 rings (SSSR count). The van der Waals surface area contributed by atoms with Crippen molar-refractivity contribution in [1.82, 2.24) is 24.6 Å². The Kier molecular flexibility index (Phi) is 4.98. The van der Waals surface area contributed by atoms with Crippen LogP contribution in [0.4, 0.5) is 0 Å². The lowest BCUT2D eigenvalue weighted by molar-refractivity contribution is 0.217. The minimum atomic E-state index is 0.562. The van der Waals surface area contributed by atoms with Crippen molar-refractivity contribution < 1.29 is 0 Å². The van der Waals surface area contributed by atoms with Gasteiger partial charge in [-0.15, -0.1) is 11.3 Å². The van der Waals surface area contributed by atoms with Crippen molar-refractivity contribution in [3.8, 4) is 0 Å². The van der Waals surface area contributed by atoms with Gasteiger partial charge in [0.15, 0.2) is 0 Å². The molecule has 0 amide bonds. The van der Waals surface area contributed by atoms with Crippen molar-refractivity contribution in [3.05, 3.63) is 28.7 Å². The third-order valence-electron chi connectivity index (χ3n) is 4.07. The number of aromatic nitrogens is 4. The summed E-state index contributed by atoms with van der Waals surface area (Å²) in [5, 5.41) is 7.75. The highest BCUT2D eigenvalue weighted by Crippen LogP contribution is 2.22. The van der Waals surface area contributed by atoms with E-state index in [1.807, 2.05) is 22.3 Å². The van der Waals surface area contributed by atoms with E-state index in [-0.39, 0.29) is 0 Å². The highest BCUT2D eigenvalue weighted by Gasteiger charge is 2.25. The fourth-order valence-electron chi connectivity index (χ4n) is 2.93. The Labute approximate surface area is 130 Å². The fourth-order valence-corrected chi connectivity index (χ4v) is 3.76. The van der Waals surface area contributed by atoms with Gasteiger partial charge in [0.1, 0.15) is 12.7 Å². The van der Waals surface area contributed by atoms with Gasteiger partial charge in [-0.05, 0) is 32.2 Å². The smallest absolute Gasteiger partial charge is 0.137 e. The summed E-state index contributed by atoms with van der Waals surface area (Å²) in [4.78, 5) is 11.4. The van der Waals surface area contributed by atoms with E-state index in [1.165, 1.54) is 42.9 Å². The van der Waals surface area contributed by atoms with Crippen LogP contribution in [0.15, 0.2) is 18.0 Å². The second-order valence-corrected chi connectivity index (χ2v) is 6.66. The quantitative estimate of drug-likeness (QED) is 0.789. The average molecular weight is 305 g/mol. The Balaban J connectivity index is 1.56. The Morgan fingerprint density at radius 3 is 3.19 bits per heavy atom. The van der Waals surface area contributed by atoms with Gasteiger partial charge in [-0.25, -0.2) is 9.97 Å². The highest BCUT2D eigenvalue weighted by molar-refractivity contribution is 7.09. The zero-order valence-corrected chi connectivity index (χ0v) is 13.4. The zero-order chi connectivity index (χ0) is 14.5. The van der Waals surface area contributed by atoms with Gasteiger partial charge in [0.2, 0.25) is 0 Å². The molecule has 5 nitrogen and oxygen atoms in total. The molecule has 0 saturated carbocycles. The van der Waals surface area contributed by atoms with Crippen LogP contribution in [-0.4, -0.2) is 37.2 Å². The van der Waals surface area contributed by atoms with Gasteiger partial charge in [0.05, 0.1) is 17.2 Å². The van der Waals surface area contributed by atoms with E-state index < -0.39 is 0 Å². The molecule has 0 aromatic carbocycles. The summed E-state index contributed by atoms with van der Waals surface area (Å²) in [6.45, 7) is 5.31. The predicted molar refractivity (Wildman–Crippen MR) is 84.2 cm³/mol. The Bertz CT molecular complexity index is 536. The molecule has 1 fully saturated rings. The predicted octanol–water partition coefficient (Wildman–Crippen LogP) is 2.74. The van der Waals surface area contributed by atoms with Gasteiger partial charge in [-0.1, -0.05) is 13.3 Å². The van der Waals surface area contributed by atoms with E-state index in [9.17, 15) is 0 Å². The Hall–Kier alpha value is -1.27. The number of hydrogen-bond acceptors (Lipinski definition) is 5. The molecule has 21 heavy (non-hydrogen) atoms. The molecular weight excluding hydrogens is 282 g/mol. The summed E-state index contributed by atoms with van der Waals surface area (Å²) < 4.78 is 1.94. The number of aryl methyl sites for hydroxylation is 1. The van der Waals surface area contributed by atoms with Gasteiger partial charge in [-0.3, -0.25) is 9.58 Å². The number of hydrogen-bond donors (Lipinski definition) is 0. The molecule has 0 radical (unpaired) electrons. The highest BCUT2D eigenvalue weighted by atomic mass is 32.1. The van der Waals surface area contributed by atoms with Crippen molar-refractivity contribution in [1.29, 1.82) is 0 Å². The molecule has 1 atom stereocenters. The summed E-state index contributed by atoms with van der Waals surface area (Å²) in [7, 11) is 0. The second kappa shape index (κ2) is 7.13. The molecule has 1 aliphatic heterocycles. The normalized spacial score (nSPS) is 19.4. The molecular formula is C15H23N5S. The molecule has 1 saturated heterocycles. The summed E-state index contributed by atoms with van der Waals surface area (Å²) in [5.41, 5.74) is 1.23. The van der Waals surface area contributed by atoms with E-state index in [1.54, 1.807) is 6.33 Å². The molecule has 1 unspecified atom stereocenters. The second-order valence-electron chi connectivity index (χ2n) is 5.72. The first-order chi connectivity index (χ1) is 10.3. The molecule has 1 aliphatic rings. The maximum Gasteiger partial charge on any atom is 0.137 e. The van der Waals surface area contributed by atoms with Crippen LogP contribution >= 0.6 is 11.3 Å². The largest absolute Gasteiger partial charge is 0.293 e. The van der Waals surface area contributed by atoms with Crippen molar-refractivity contribution in [2.75, 3.05) is 6.54 Å². The van der Waals surface area contributed by atoms with Gasteiger partial charge < -0.3 is 0 Å². The summed E-state index contributed by atoms with van der Waals surface area (Å²) in [6.07, 6.45) is 9.54. The van der Waals surface area contributed by atoms with Crippen molar-refractivity contribution in [3.63, 3.8) is 0 Å². The molecule has 0 N–H and O–H groups in total. The van der Waals surface area contributed by atoms with Crippen LogP contribution in [0.3, 0.4) is 0 Å². The van der Waals surface area contributed by atoms with Crippen molar-refractivity contribution in [2.45, 2.75) is 58.2 Å². The topological polar surface area (TPSA) is 46.8 Å². The Morgan fingerprint density at radius 2 is 2.38 bits per heavy atom. The fraction of sp³-hybridized carbons (Fsp3) is 0.667. The zero-order valence-electron chi connectivity index (χ0n) is 12.6. The minimum Gasteiger partial charge on any atom is -0.293 e. The van der Waals surface area contributed by atoms with Crippen LogP contribution in [0.5, 0.6) is 0 Å². The first-order valence-corrected chi connectivity index (χ1v) is 8.73. The number of rotatable bonds is 7. The maximum atomic E-state index is 4.78. The summed E-state index contributed by atoms with van der Waals surface area (Å²) in [6, 6.07) is 0.562. The lowest BCUT2D eigenvalue weighted by atomic mass is 10.2. The molecule has 6 heteroatoms. The standard InChI is InChI=1S/C15H23N5S/c1-2-3-6-15-18-13(10-21-15)8-19-7-4-5-14(19)9-20-12-16-11-17-20/h10-12,14H,2-9H2,1H3. The van der Waals surface area contributed by atoms with Crippen LogP contribution in [0.25, 0.3) is 0 Å². The molecule has 3 heterocycles. The molecule has 2 aromatic heterocycles. The minimum absolute atomic E-state index is 0.562. The number of thiazole rings is 1. The maximum absolute atomic E-state index is 4.78. The van der Waals surface area contributed by atoms with Gasteiger partial charge in [0.25, 0.3) is 0 Å². The van der Waals surface area contributed by atoms with Gasteiger partial charge in [0, 0.05) is 18.0 Å². The first-order valence-electron chi connectivity index (χ1n) is 7.85. The number of nitrogens with zero attached hydrogens (tertiary/aromatic N) is 5. The number of likely N-dealkylation sites (tertiary alicyclic amines) is 1. The molecule has 0 spiro atoms.